The van der Waals surface area contributed by atoms with Crippen molar-refractivity contribution in [2.45, 2.75) is 47.1 Å². The Morgan fingerprint density at radius 3 is 2.65 bits per heavy atom. The van der Waals surface area contributed by atoms with Gasteiger partial charge in [-0.2, -0.15) is 0 Å². The highest BCUT2D eigenvalue weighted by Gasteiger charge is 2.17. The Labute approximate surface area is 140 Å². The summed E-state index contributed by atoms with van der Waals surface area (Å²) in [5.74, 6) is -0.589. The Kier molecular flexibility index (Phi) is 5.71. The van der Waals surface area contributed by atoms with Crippen LogP contribution in [0.2, 0.25) is 0 Å². The number of thiazole rings is 1. The predicted molar refractivity (Wildman–Crippen MR) is 90.0 cm³/mol. The normalized spacial score (nSPS) is 10.8. The van der Waals surface area contributed by atoms with E-state index < -0.39 is 5.97 Å². The summed E-state index contributed by atoms with van der Waals surface area (Å²) in [6.45, 7) is 8.55. The van der Waals surface area contributed by atoms with Gasteiger partial charge in [0.25, 0.3) is 0 Å². The third-order valence-corrected chi connectivity index (χ3v) is 4.50. The number of hydrogen-bond donors (Lipinski definition) is 0. The first-order valence-corrected chi connectivity index (χ1v) is 8.56. The van der Waals surface area contributed by atoms with Crippen LogP contribution in [0.25, 0.3) is 0 Å². The van der Waals surface area contributed by atoms with E-state index in [1.807, 2.05) is 32.2 Å². The quantitative estimate of drug-likeness (QED) is 0.576. The summed E-state index contributed by atoms with van der Waals surface area (Å²) < 4.78 is 7.22. The van der Waals surface area contributed by atoms with E-state index in [4.69, 9.17) is 4.74 Å². The summed E-state index contributed by atoms with van der Waals surface area (Å²) >= 11 is 1.49. The maximum Gasteiger partial charge on any atom is 0.312 e. The van der Waals surface area contributed by atoms with Crippen LogP contribution in [0.15, 0.2) is 11.4 Å². The van der Waals surface area contributed by atoms with Gasteiger partial charge in [-0.3, -0.25) is 9.59 Å². The van der Waals surface area contributed by atoms with Gasteiger partial charge in [-0.1, -0.05) is 6.92 Å². The van der Waals surface area contributed by atoms with Crippen molar-refractivity contribution < 1.29 is 14.3 Å². The molecular weight excluding hydrogens is 312 g/mol. The highest BCUT2D eigenvalue weighted by molar-refractivity contribution is 7.09. The molecule has 2 aromatic rings. The average Bonchev–Trinajstić information content (AvgIpc) is 3.03. The molecule has 0 spiro atoms. The van der Waals surface area contributed by atoms with Crippen LogP contribution in [-0.2, 0) is 22.5 Å². The van der Waals surface area contributed by atoms with Crippen LogP contribution in [0.5, 0.6) is 0 Å². The van der Waals surface area contributed by atoms with E-state index in [0.717, 1.165) is 29.4 Å². The monoisotopic (exact) mass is 334 g/mol. The number of carbonyl (C=O) groups is 2. The fourth-order valence-corrected chi connectivity index (χ4v) is 3.18. The smallest absolute Gasteiger partial charge is 0.312 e. The largest absolute Gasteiger partial charge is 0.457 e. The summed E-state index contributed by atoms with van der Waals surface area (Å²) in [5.41, 5.74) is 3.30. The highest BCUT2D eigenvalue weighted by atomic mass is 32.1. The van der Waals surface area contributed by atoms with Crippen molar-refractivity contribution in [3.63, 3.8) is 0 Å². The van der Waals surface area contributed by atoms with Gasteiger partial charge in [0.1, 0.15) is 0 Å². The van der Waals surface area contributed by atoms with Crippen LogP contribution in [-0.4, -0.2) is 27.9 Å². The summed E-state index contributed by atoms with van der Waals surface area (Å²) in [7, 11) is 0. The number of ether oxygens (including phenoxy) is 1. The van der Waals surface area contributed by atoms with Crippen molar-refractivity contribution in [3.8, 4) is 0 Å². The van der Waals surface area contributed by atoms with E-state index in [2.05, 4.69) is 16.5 Å². The molecular formula is C17H22N2O3S. The predicted octanol–water partition coefficient (Wildman–Crippen LogP) is 3.25. The molecule has 124 valence electrons. The number of aromatic nitrogens is 2. The minimum Gasteiger partial charge on any atom is -0.457 e. The molecule has 0 saturated heterocycles. The molecule has 2 heterocycles. The van der Waals surface area contributed by atoms with Gasteiger partial charge in [0.2, 0.25) is 5.78 Å². The average molecular weight is 334 g/mol. The van der Waals surface area contributed by atoms with Gasteiger partial charge in [-0.05, 0) is 33.3 Å². The van der Waals surface area contributed by atoms with Gasteiger partial charge in [0.15, 0.2) is 6.61 Å². The molecule has 0 aliphatic rings. The number of nitrogens with zero attached hydrogens (tertiary/aromatic N) is 2. The first-order valence-electron chi connectivity index (χ1n) is 7.69. The van der Waals surface area contributed by atoms with Gasteiger partial charge in [0, 0.05) is 28.9 Å². The molecule has 0 N–H and O–H groups in total. The molecule has 2 rings (SSSR count). The SMILES string of the molecule is CCCn1c(C)cc(C(=O)COC(=O)Cc2csc(C)n2)c1C. The maximum atomic E-state index is 12.3. The molecule has 23 heavy (non-hydrogen) atoms. The highest BCUT2D eigenvalue weighted by Crippen LogP contribution is 2.16. The number of carbonyl (C=O) groups excluding carboxylic acids is 2. The van der Waals surface area contributed by atoms with Crippen LogP contribution in [0.3, 0.4) is 0 Å². The van der Waals surface area contributed by atoms with Crippen molar-refractivity contribution in [2.75, 3.05) is 6.61 Å². The topological polar surface area (TPSA) is 61.2 Å². The van der Waals surface area contributed by atoms with Gasteiger partial charge < -0.3 is 9.30 Å². The second-order valence-corrected chi connectivity index (χ2v) is 6.62. The van der Waals surface area contributed by atoms with Crippen LogP contribution >= 0.6 is 11.3 Å². The number of aryl methyl sites for hydroxylation is 2. The van der Waals surface area contributed by atoms with Crippen LogP contribution in [0.1, 0.15) is 45.8 Å². The van der Waals surface area contributed by atoms with E-state index in [9.17, 15) is 9.59 Å². The second-order valence-electron chi connectivity index (χ2n) is 5.55. The van der Waals surface area contributed by atoms with Gasteiger partial charge >= 0.3 is 5.97 Å². The molecule has 0 unspecified atom stereocenters. The fraction of sp³-hybridized carbons (Fsp3) is 0.471. The lowest BCUT2D eigenvalue weighted by Gasteiger charge is -2.08. The van der Waals surface area contributed by atoms with Crippen molar-refractivity contribution in [3.05, 3.63) is 39.1 Å². The number of ketones is 1. The number of esters is 1. The van der Waals surface area contributed by atoms with E-state index in [1.165, 1.54) is 11.3 Å². The molecule has 0 fully saturated rings. The third kappa shape index (κ3) is 4.28. The molecule has 6 heteroatoms. The first kappa shape index (κ1) is 17.4. The molecule has 0 bridgehead atoms. The zero-order valence-corrected chi connectivity index (χ0v) is 14.8. The molecule has 0 amide bonds. The van der Waals surface area contributed by atoms with Crippen LogP contribution < -0.4 is 0 Å². The van der Waals surface area contributed by atoms with Crippen molar-refractivity contribution in [1.29, 1.82) is 0 Å². The molecule has 0 saturated carbocycles. The molecule has 2 aromatic heterocycles. The Bertz CT molecular complexity index is 715. The lowest BCUT2D eigenvalue weighted by atomic mass is 10.1. The molecule has 0 aliphatic carbocycles. The summed E-state index contributed by atoms with van der Waals surface area (Å²) in [6, 6.07) is 1.87. The van der Waals surface area contributed by atoms with E-state index in [0.29, 0.717) is 11.3 Å². The second kappa shape index (κ2) is 7.55. The molecule has 0 aliphatic heterocycles. The third-order valence-electron chi connectivity index (χ3n) is 3.68. The lowest BCUT2D eigenvalue weighted by Crippen LogP contribution is -2.16. The molecule has 0 aromatic carbocycles. The minimum absolute atomic E-state index is 0.104. The molecule has 0 radical (unpaired) electrons. The Morgan fingerprint density at radius 2 is 2.04 bits per heavy atom. The standard InChI is InChI=1S/C17H22N2O3S/c1-5-6-19-11(2)7-15(12(19)3)16(20)9-22-17(21)8-14-10-23-13(4)18-14/h7,10H,5-6,8-9H2,1-4H3. The van der Waals surface area contributed by atoms with Gasteiger partial charge in [-0.25, -0.2) is 4.98 Å². The lowest BCUT2D eigenvalue weighted by molar-refractivity contribution is -0.141. The van der Waals surface area contributed by atoms with Crippen molar-refractivity contribution in [2.24, 2.45) is 0 Å². The van der Waals surface area contributed by atoms with Gasteiger partial charge in [-0.15, -0.1) is 11.3 Å². The van der Waals surface area contributed by atoms with Gasteiger partial charge in [0.05, 0.1) is 17.1 Å². The van der Waals surface area contributed by atoms with Crippen LogP contribution in [0.4, 0.5) is 0 Å². The summed E-state index contributed by atoms with van der Waals surface area (Å²) in [4.78, 5) is 28.3. The van der Waals surface area contributed by atoms with E-state index in [-0.39, 0.29) is 18.8 Å². The zero-order chi connectivity index (χ0) is 17.0. The Hall–Kier alpha value is -1.95. The maximum absolute atomic E-state index is 12.3. The zero-order valence-electron chi connectivity index (χ0n) is 14.0. The number of hydrogen-bond acceptors (Lipinski definition) is 5. The summed E-state index contributed by atoms with van der Waals surface area (Å²) in [5, 5.41) is 2.74. The Morgan fingerprint density at radius 1 is 1.30 bits per heavy atom. The fourth-order valence-electron chi connectivity index (χ4n) is 2.56. The number of Topliss-reactive ketones (excluding diaryl/α,β-unsaturated/α-hetero) is 1. The summed E-state index contributed by atoms with van der Waals surface area (Å²) in [6.07, 6.45) is 1.11. The molecule has 0 atom stereocenters. The minimum atomic E-state index is -0.425. The van der Waals surface area contributed by atoms with Crippen LogP contribution in [0, 0.1) is 20.8 Å². The van der Waals surface area contributed by atoms with Crippen molar-refractivity contribution >= 4 is 23.1 Å². The molecule has 5 nitrogen and oxygen atoms in total. The van der Waals surface area contributed by atoms with Crippen molar-refractivity contribution in [1.82, 2.24) is 9.55 Å². The van der Waals surface area contributed by atoms with E-state index in [1.54, 1.807) is 0 Å². The number of rotatable bonds is 7. The first-order chi connectivity index (χ1) is 10.9. The Balaban J connectivity index is 1.94. The van der Waals surface area contributed by atoms with E-state index >= 15 is 0 Å².